The van der Waals surface area contributed by atoms with Crippen molar-refractivity contribution in [3.05, 3.63) is 40.6 Å². The van der Waals surface area contributed by atoms with Crippen molar-refractivity contribution in [1.29, 1.82) is 0 Å². The molecule has 1 amide bonds. The van der Waals surface area contributed by atoms with Crippen LogP contribution in [-0.4, -0.2) is 51.2 Å². The Kier molecular flexibility index (Phi) is 5.59. The largest absolute Gasteiger partial charge is 0.465 e. The van der Waals surface area contributed by atoms with Gasteiger partial charge in [-0.3, -0.25) is 9.48 Å². The highest BCUT2D eigenvalue weighted by Crippen LogP contribution is 2.27. The quantitative estimate of drug-likeness (QED) is 0.853. The van der Waals surface area contributed by atoms with Gasteiger partial charge in [0.1, 0.15) is 11.5 Å². The number of amides is 1. The molecule has 0 spiro atoms. The van der Waals surface area contributed by atoms with Crippen LogP contribution in [0.1, 0.15) is 46.6 Å². The second-order valence-corrected chi connectivity index (χ2v) is 8.55. The van der Waals surface area contributed by atoms with Crippen LogP contribution in [0.2, 0.25) is 0 Å². The van der Waals surface area contributed by atoms with Crippen LogP contribution in [0.5, 0.6) is 0 Å². The fourth-order valence-electron chi connectivity index (χ4n) is 4.04. The molecule has 1 atom stereocenters. The maximum atomic E-state index is 13.1. The first kappa shape index (κ1) is 18.6. The van der Waals surface area contributed by atoms with Gasteiger partial charge in [-0.1, -0.05) is 0 Å². The summed E-state index contributed by atoms with van der Waals surface area (Å²) in [4.78, 5) is 15.1. The molecule has 4 rings (SSSR count). The summed E-state index contributed by atoms with van der Waals surface area (Å²) in [7, 11) is 0. The lowest BCUT2D eigenvalue weighted by atomic mass is 9.91. The molecule has 0 unspecified atom stereocenters. The van der Waals surface area contributed by atoms with Crippen molar-refractivity contribution in [2.24, 2.45) is 0 Å². The summed E-state index contributed by atoms with van der Waals surface area (Å²) in [5.41, 5.74) is 3.08. The van der Waals surface area contributed by atoms with Crippen LogP contribution >= 0.6 is 11.8 Å². The van der Waals surface area contributed by atoms with Crippen molar-refractivity contribution < 1.29 is 9.21 Å². The average Bonchev–Trinajstić information content (AvgIpc) is 3.29. The third-order valence-corrected chi connectivity index (χ3v) is 6.45. The van der Waals surface area contributed by atoms with Crippen LogP contribution in [-0.2, 0) is 25.9 Å². The van der Waals surface area contributed by atoms with E-state index in [-0.39, 0.29) is 5.91 Å². The molecule has 3 heterocycles. The number of fused-ring (bicyclic) bond motifs is 1. The molecule has 0 aromatic carbocycles. The predicted molar refractivity (Wildman–Crippen MR) is 107 cm³/mol. The van der Waals surface area contributed by atoms with Crippen molar-refractivity contribution in [3.8, 4) is 0 Å². The lowest BCUT2D eigenvalue weighted by Gasteiger charge is -2.27. The molecule has 6 nitrogen and oxygen atoms in total. The van der Waals surface area contributed by atoms with Crippen molar-refractivity contribution in [1.82, 2.24) is 20.0 Å². The monoisotopic (exact) mass is 388 g/mol. The number of nitrogens with one attached hydrogen (secondary N) is 1. The molecule has 7 heteroatoms. The number of carbonyl (C=O) groups is 1. The number of rotatable bonds is 5. The fraction of sp³-hybridized carbons (Fsp3) is 0.600. The molecule has 1 aliphatic carbocycles. The Morgan fingerprint density at radius 2 is 2.19 bits per heavy atom. The number of aromatic nitrogens is 2. The highest BCUT2D eigenvalue weighted by Gasteiger charge is 2.31. The second kappa shape index (κ2) is 8.10. The number of aryl methyl sites for hydroxylation is 2. The van der Waals surface area contributed by atoms with E-state index in [0.29, 0.717) is 11.7 Å². The van der Waals surface area contributed by atoms with Crippen molar-refractivity contribution in [2.45, 2.75) is 52.2 Å². The van der Waals surface area contributed by atoms with Gasteiger partial charge in [0.05, 0.1) is 6.54 Å². The topological polar surface area (TPSA) is 63.3 Å². The van der Waals surface area contributed by atoms with Gasteiger partial charge in [0.25, 0.3) is 5.91 Å². The number of nitrogens with zero attached hydrogens (tertiary/aromatic N) is 3. The number of hydrogen-bond acceptors (Lipinski definition) is 5. The molecule has 1 fully saturated rings. The standard InChI is InChI=1S/C20H28N4O2S/c1-3-24-18-7-5-15(21-13-16-6-4-14(2)26-16)12-17(18)19(22-24)20(25)23-8-10-27-11-9-23/h4,6,15,21H,3,5,7-13H2,1-2H3/t15-/m1/s1. The first-order valence-corrected chi connectivity index (χ1v) is 11.1. The minimum atomic E-state index is 0.112. The smallest absolute Gasteiger partial charge is 0.274 e. The van der Waals surface area contributed by atoms with Crippen molar-refractivity contribution in [3.63, 3.8) is 0 Å². The van der Waals surface area contributed by atoms with E-state index in [1.165, 1.54) is 5.69 Å². The Balaban J connectivity index is 1.50. The SMILES string of the molecule is CCn1nc(C(=O)N2CCSCC2)c2c1CC[C@@H](NCc1ccc(C)o1)C2. The molecule has 1 N–H and O–H groups in total. The van der Waals surface area contributed by atoms with Crippen LogP contribution in [0.4, 0.5) is 0 Å². The van der Waals surface area contributed by atoms with Crippen LogP contribution in [0.25, 0.3) is 0 Å². The lowest BCUT2D eigenvalue weighted by molar-refractivity contribution is 0.0764. The minimum Gasteiger partial charge on any atom is -0.465 e. The molecule has 1 saturated heterocycles. The molecule has 27 heavy (non-hydrogen) atoms. The maximum Gasteiger partial charge on any atom is 0.274 e. The summed E-state index contributed by atoms with van der Waals surface area (Å²) in [6.07, 6.45) is 2.89. The number of furan rings is 1. The van der Waals surface area contributed by atoms with Crippen LogP contribution < -0.4 is 5.32 Å². The van der Waals surface area contributed by atoms with Gasteiger partial charge in [0.2, 0.25) is 0 Å². The lowest BCUT2D eigenvalue weighted by Crippen LogP contribution is -2.39. The van der Waals surface area contributed by atoms with Crippen LogP contribution in [0, 0.1) is 6.92 Å². The normalized spacial score (nSPS) is 19.9. The van der Waals surface area contributed by atoms with E-state index in [2.05, 4.69) is 12.2 Å². The van der Waals surface area contributed by atoms with Crippen LogP contribution in [0.3, 0.4) is 0 Å². The Labute approximate surface area is 164 Å². The number of hydrogen-bond donors (Lipinski definition) is 1. The fourth-order valence-corrected chi connectivity index (χ4v) is 4.94. The molecule has 146 valence electrons. The van der Waals surface area contributed by atoms with Gasteiger partial charge in [-0.05, 0) is 45.2 Å². The zero-order chi connectivity index (χ0) is 18.8. The molecule has 2 aromatic rings. The Hall–Kier alpha value is -1.73. The molecule has 0 bridgehead atoms. The highest BCUT2D eigenvalue weighted by atomic mass is 32.2. The predicted octanol–water partition coefficient (Wildman–Crippen LogP) is 2.64. The minimum absolute atomic E-state index is 0.112. The van der Waals surface area contributed by atoms with Gasteiger partial charge in [-0.25, -0.2) is 0 Å². The average molecular weight is 389 g/mol. The Bertz CT molecular complexity index is 807. The Morgan fingerprint density at radius 3 is 2.89 bits per heavy atom. The van der Waals surface area contributed by atoms with E-state index in [4.69, 9.17) is 9.52 Å². The first-order valence-electron chi connectivity index (χ1n) is 9.90. The summed E-state index contributed by atoms with van der Waals surface area (Å²) < 4.78 is 7.70. The second-order valence-electron chi connectivity index (χ2n) is 7.33. The molecule has 2 aromatic heterocycles. The van der Waals surface area contributed by atoms with E-state index in [9.17, 15) is 4.79 Å². The van der Waals surface area contributed by atoms with Gasteiger partial charge < -0.3 is 14.6 Å². The zero-order valence-electron chi connectivity index (χ0n) is 16.2. The molecule has 0 radical (unpaired) electrons. The highest BCUT2D eigenvalue weighted by molar-refractivity contribution is 7.99. The number of thioether (sulfide) groups is 1. The van der Waals surface area contributed by atoms with Gasteiger partial charge in [0, 0.05) is 48.4 Å². The Morgan fingerprint density at radius 1 is 1.37 bits per heavy atom. The molecule has 0 saturated carbocycles. The maximum absolute atomic E-state index is 13.1. The first-order chi connectivity index (χ1) is 13.2. The third kappa shape index (κ3) is 3.94. The van der Waals surface area contributed by atoms with E-state index < -0.39 is 0 Å². The van der Waals surface area contributed by atoms with Crippen LogP contribution in [0.15, 0.2) is 16.5 Å². The van der Waals surface area contributed by atoms with E-state index in [1.807, 2.05) is 40.4 Å². The summed E-state index contributed by atoms with van der Waals surface area (Å²) in [6, 6.07) is 4.37. The van der Waals surface area contributed by atoms with Gasteiger partial charge in [-0.15, -0.1) is 0 Å². The summed E-state index contributed by atoms with van der Waals surface area (Å²) in [6.45, 7) is 7.26. The van der Waals surface area contributed by atoms with Gasteiger partial charge in [0.15, 0.2) is 5.69 Å². The summed E-state index contributed by atoms with van der Waals surface area (Å²) in [5.74, 6) is 4.06. The molecule has 2 aliphatic rings. The molecule has 1 aliphatic heterocycles. The summed E-state index contributed by atoms with van der Waals surface area (Å²) >= 11 is 1.92. The van der Waals surface area contributed by atoms with Gasteiger partial charge in [-0.2, -0.15) is 16.9 Å². The molecular formula is C20H28N4O2S. The molecular weight excluding hydrogens is 360 g/mol. The van der Waals surface area contributed by atoms with Gasteiger partial charge >= 0.3 is 0 Å². The van der Waals surface area contributed by atoms with E-state index in [1.54, 1.807) is 0 Å². The third-order valence-electron chi connectivity index (χ3n) is 5.51. The zero-order valence-corrected chi connectivity index (χ0v) is 17.0. The van der Waals surface area contributed by atoms with E-state index in [0.717, 1.165) is 74.0 Å². The number of carbonyl (C=O) groups excluding carboxylic acids is 1. The van der Waals surface area contributed by atoms with Crippen molar-refractivity contribution in [2.75, 3.05) is 24.6 Å². The van der Waals surface area contributed by atoms with E-state index >= 15 is 0 Å². The van der Waals surface area contributed by atoms with Crippen molar-refractivity contribution >= 4 is 17.7 Å². The summed E-state index contributed by atoms with van der Waals surface area (Å²) in [5, 5.41) is 8.32.